The number of ether oxygens (including phenoxy) is 1. The summed E-state index contributed by atoms with van der Waals surface area (Å²) in [4.78, 5) is 28.4. The molecule has 1 aromatic carbocycles. The molecule has 0 radical (unpaired) electrons. The molecule has 0 saturated carbocycles. The van der Waals surface area contributed by atoms with Gasteiger partial charge in [-0.3, -0.25) is 9.78 Å². The summed E-state index contributed by atoms with van der Waals surface area (Å²) in [5, 5.41) is 5.51. The van der Waals surface area contributed by atoms with Crippen LogP contribution in [0.25, 0.3) is 11.3 Å². The summed E-state index contributed by atoms with van der Waals surface area (Å²) in [7, 11) is 0. The van der Waals surface area contributed by atoms with Gasteiger partial charge in [0.15, 0.2) is 0 Å². The van der Waals surface area contributed by atoms with Crippen LogP contribution in [-0.4, -0.2) is 35.7 Å². The Kier molecular flexibility index (Phi) is 6.93. The molecule has 0 saturated heterocycles. The number of aromatic nitrogens is 1. The second kappa shape index (κ2) is 9.16. The van der Waals surface area contributed by atoms with Crippen LogP contribution in [0.2, 0.25) is 0 Å². The van der Waals surface area contributed by atoms with Gasteiger partial charge in [-0.25, -0.2) is 4.79 Å². The zero-order chi connectivity index (χ0) is 19.9. The van der Waals surface area contributed by atoms with Crippen molar-refractivity contribution < 1.29 is 14.3 Å². The molecule has 0 bridgehead atoms. The van der Waals surface area contributed by atoms with Crippen molar-refractivity contribution in [3.63, 3.8) is 0 Å². The average Bonchev–Trinajstić information content (AvgIpc) is 2.60. The van der Waals surface area contributed by atoms with E-state index >= 15 is 0 Å². The molecule has 0 aliphatic rings. The SMILES string of the molecule is Cc1nc(-c2ccccc2)ccc1C(=O)NCCCNC(=O)OC(C)(C)C. The molecule has 0 unspecified atom stereocenters. The minimum atomic E-state index is -0.519. The molecule has 2 aromatic rings. The van der Waals surface area contributed by atoms with E-state index in [-0.39, 0.29) is 5.91 Å². The normalized spacial score (nSPS) is 11.0. The Morgan fingerprint density at radius 2 is 1.67 bits per heavy atom. The molecule has 2 N–H and O–H groups in total. The molecule has 2 amide bonds. The fraction of sp³-hybridized carbons (Fsp3) is 0.381. The number of alkyl carbamates (subject to hydrolysis) is 1. The van der Waals surface area contributed by atoms with E-state index in [0.29, 0.717) is 30.8 Å². The maximum absolute atomic E-state index is 12.3. The molecule has 2 rings (SSSR count). The van der Waals surface area contributed by atoms with Crippen molar-refractivity contribution >= 4 is 12.0 Å². The topological polar surface area (TPSA) is 80.3 Å². The lowest BCUT2D eigenvalue weighted by molar-refractivity contribution is 0.0527. The number of benzene rings is 1. The summed E-state index contributed by atoms with van der Waals surface area (Å²) in [5.74, 6) is -0.170. The second-order valence-electron chi connectivity index (χ2n) is 7.23. The number of pyridine rings is 1. The smallest absolute Gasteiger partial charge is 0.407 e. The summed E-state index contributed by atoms with van der Waals surface area (Å²) >= 11 is 0. The molecule has 6 nitrogen and oxygen atoms in total. The summed E-state index contributed by atoms with van der Waals surface area (Å²) in [5.41, 5.74) is 2.57. The van der Waals surface area contributed by atoms with E-state index in [2.05, 4.69) is 15.6 Å². The molecule has 0 spiro atoms. The van der Waals surface area contributed by atoms with Gasteiger partial charge in [-0.15, -0.1) is 0 Å². The first-order chi connectivity index (χ1) is 12.8. The van der Waals surface area contributed by atoms with Crippen molar-refractivity contribution in [3.05, 3.63) is 53.7 Å². The van der Waals surface area contributed by atoms with Gasteiger partial charge in [-0.1, -0.05) is 30.3 Å². The molecule has 0 aliphatic heterocycles. The lowest BCUT2D eigenvalue weighted by Gasteiger charge is -2.19. The van der Waals surface area contributed by atoms with Gasteiger partial charge in [0.2, 0.25) is 0 Å². The van der Waals surface area contributed by atoms with Crippen LogP contribution in [0.3, 0.4) is 0 Å². The number of amides is 2. The average molecular weight is 369 g/mol. The van der Waals surface area contributed by atoms with Crippen molar-refractivity contribution in [2.24, 2.45) is 0 Å². The highest BCUT2D eigenvalue weighted by molar-refractivity contribution is 5.95. The van der Waals surface area contributed by atoms with Crippen molar-refractivity contribution in [2.75, 3.05) is 13.1 Å². The van der Waals surface area contributed by atoms with Crippen LogP contribution in [0.5, 0.6) is 0 Å². The van der Waals surface area contributed by atoms with Gasteiger partial charge in [0, 0.05) is 18.7 Å². The van der Waals surface area contributed by atoms with Gasteiger partial charge in [0.25, 0.3) is 5.91 Å². The Morgan fingerprint density at radius 3 is 2.30 bits per heavy atom. The summed E-state index contributed by atoms with van der Waals surface area (Å²) < 4.78 is 5.15. The van der Waals surface area contributed by atoms with Gasteiger partial charge in [-0.2, -0.15) is 0 Å². The Balaban J connectivity index is 1.80. The van der Waals surface area contributed by atoms with E-state index in [1.54, 1.807) is 6.07 Å². The van der Waals surface area contributed by atoms with Crippen LogP contribution in [-0.2, 0) is 4.74 Å². The number of carbonyl (C=O) groups is 2. The first-order valence-corrected chi connectivity index (χ1v) is 9.04. The Hall–Kier alpha value is -2.89. The van der Waals surface area contributed by atoms with E-state index in [1.165, 1.54) is 0 Å². The lowest BCUT2D eigenvalue weighted by atomic mass is 10.1. The number of nitrogens with zero attached hydrogens (tertiary/aromatic N) is 1. The lowest BCUT2D eigenvalue weighted by Crippen LogP contribution is -2.34. The van der Waals surface area contributed by atoms with Crippen molar-refractivity contribution in [1.82, 2.24) is 15.6 Å². The third-order valence-corrected chi connectivity index (χ3v) is 3.71. The molecule has 0 atom stereocenters. The summed E-state index contributed by atoms with van der Waals surface area (Å²) in [6.07, 6.45) is 0.157. The van der Waals surface area contributed by atoms with Gasteiger partial charge >= 0.3 is 6.09 Å². The molecule has 0 aliphatic carbocycles. The highest BCUT2D eigenvalue weighted by atomic mass is 16.6. The first kappa shape index (κ1) is 20.4. The van der Waals surface area contributed by atoms with E-state index < -0.39 is 11.7 Å². The fourth-order valence-corrected chi connectivity index (χ4v) is 2.46. The second-order valence-corrected chi connectivity index (χ2v) is 7.23. The highest BCUT2D eigenvalue weighted by Gasteiger charge is 2.15. The number of carbonyl (C=O) groups excluding carboxylic acids is 2. The minimum Gasteiger partial charge on any atom is -0.444 e. The van der Waals surface area contributed by atoms with Crippen LogP contribution in [0, 0.1) is 6.92 Å². The van der Waals surface area contributed by atoms with E-state index in [1.807, 2.05) is 64.1 Å². The maximum Gasteiger partial charge on any atom is 0.407 e. The predicted molar refractivity (Wildman–Crippen MR) is 106 cm³/mol. The molecule has 6 heteroatoms. The standard InChI is InChI=1S/C21H27N3O3/c1-15-17(11-12-18(24-15)16-9-6-5-7-10-16)19(25)22-13-8-14-23-20(26)27-21(2,3)4/h5-7,9-12H,8,13-14H2,1-4H3,(H,22,25)(H,23,26). The monoisotopic (exact) mass is 369 g/mol. The molecular weight excluding hydrogens is 342 g/mol. The Bertz CT molecular complexity index is 783. The van der Waals surface area contributed by atoms with Crippen LogP contribution in [0.4, 0.5) is 4.79 Å². The zero-order valence-corrected chi connectivity index (χ0v) is 16.3. The van der Waals surface area contributed by atoms with E-state index in [0.717, 1.165) is 11.3 Å². The number of hydrogen-bond donors (Lipinski definition) is 2. The molecule has 1 aromatic heterocycles. The zero-order valence-electron chi connectivity index (χ0n) is 16.3. The molecular formula is C21H27N3O3. The van der Waals surface area contributed by atoms with Gasteiger partial charge < -0.3 is 15.4 Å². The predicted octanol–water partition coefficient (Wildman–Crippen LogP) is 3.70. The largest absolute Gasteiger partial charge is 0.444 e. The summed E-state index contributed by atoms with van der Waals surface area (Å²) in [6, 6.07) is 13.5. The van der Waals surface area contributed by atoms with E-state index in [4.69, 9.17) is 4.74 Å². The molecule has 27 heavy (non-hydrogen) atoms. The molecule has 0 fully saturated rings. The number of rotatable bonds is 6. The van der Waals surface area contributed by atoms with Crippen molar-refractivity contribution in [2.45, 2.75) is 39.7 Å². The quantitative estimate of drug-likeness (QED) is 0.761. The number of aryl methyl sites for hydroxylation is 1. The number of hydrogen-bond acceptors (Lipinski definition) is 4. The number of nitrogens with one attached hydrogen (secondary N) is 2. The van der Waals surface area contributed by atoms with Gasteiger partial charge in [0.1, 0.15) is 5.60 Å². The first-order valence-electron chi connectivity index (χ1n) is 9.04. The molecule has 144 valence electrons. The fourth-order valence-electron chi connectivity index (χ4n) is 2.46. The van der Waals surface area contributed by atoms with Crippen LogP contribution in [0.1, 0.15) is 43.2 Å². The van der Waals surface area contributed by atoms with Crippen LogP contribution in [0.15, 0.2) is 42.5 Å². The highest BCUT2D eigenvalue weighted by Crippen LogP contribution is 2.18. The van der Waals surface area contributed by atoms with Crippen molar-refractivity contribution in [3.8, 4) is 11.3 Å². The van der Waals surface area contributed by atoms with Crippen molar-refractivity contribution in [1.29, 1.82) is 0 Å². The third kappa shape index (κ3) is 6.73. The maximum atomic E-state index is 12.3. The summed E-state index contributed by atoms with van der Waals surface area (Å²) in [6.45, 7) is 8.14. The minimum absolute atomic E-state index is 0.170. The Labute approximate surface area is 160 Å². The molecule has 1 heterocycles. The van der Waals surface area contributed by atoms with E-state index in [9.17, 15) is 9.59 Å². The van der Waals surface area contributed by atoms with Gasteiger partial charge in [0.05, 0.1) is 17.0 Å². The van der Waals surface area contributed by atoms with Crippen LogP contribution >= 0.6 is 0 Å². The third-order valence-electron chi connectivity index (χ3n) is 3.71. The van der Waals surface area contributed by atoms with Crippen LogP contribution < -0.4 is 10.6 Å². The Morgan fingerprint density at radius 1 is 1.00 bits per heavy atom. The van der Waals surface area contributed by atoms with Gasteiger partial charge in [-0.05, 0) is 46.2 Å².